The Kier molecular flexibility index (Phi) is 6.30. The van der Waals surface area contributed by atoms with Gasteiger partial charge in [-0.15, -0.1) is 0 Å². The van der Waals surface area contributed by atoms with E-state index in [1.165, 1.54) is 11.1 Å². The number of rotatable bonds is 8. The van der Waals surface area contributed by atoms with E-state index in [9.17, 15) is 5.11 Å². The lowest BCUT2D eigenvalue weighted by molar-refractivity contribution is -0.0207. The summed E-state index contributed by atoms with van der Waals surface area (Å²) in [5, 5.41) is 12.9. The lowest BCUT2D eigenvalue weighted by Crippen LogP contribution is -2.17. The van der Waals surface area contributed by atoms with Gasteiger partial charge >= 0.3 is 0 Å². The highest BCUT2D eigenvalue weighted by atomic mass is 16.5. The Morgan fingerprint density at radius 2 is 1.73 bits per heavy atom. The van der Waals surface area contributed by atoms with E-state index >= 15 is 0 Å². The average Bonchev–Trinajstić information content (AvgIpc) is 3.52. The van der Waals surface area contributed by atoms with Crippen molar-refractivity contribution in [1.82, 2.24) is 19.5 Å². The molecule has 3 heterocycles. The second kappa shape index (κ2) is 9.66. The lowest BCUT2D eigenvalue weighted by atomic mass is 9.91. The van der Waals surface area contributed by atoms with Crippen molar-refractivity contribution in [2.24, 2.45) is 5.73 Å². The Balaban J connectivity index is 1.46. The first-order valence-corrected chi connectivity index (χ1v) is 11.3. The molecule has 170 valence electrons. The highest BCUT2D eigenvalue weighted by molar-refractivity contribution is 5.83. The molecule has 0 radical (unpaired) electrons. The van der Waals surface area contributed by atoms with E-state index in [1.54, 1.807) is 6.33 Å². The Labute approximate surface area is 192 Å². The van der Waals surface area contributed by atoms with Gasteiger partial charge in [0, 0.05) is 12.5 Å². The first-order chi connectivity index (χ1) is 16.3. The molecule has 4 aromatic rings. The first kappa shape index (κ1) is 21.5. The Bertz CT molecular complexity index is 1160. The number of benzene rings is 2. The maximum Gasteiger partial charge on any atom is 0.167 e. The molecule has 0 amide bonds. The fourth-order valence-corrected chi connectivity index (χ4v) is 4.41. The fraction of sp³-hybridized carbons (Fsp3) is 0.320. The van der Waals surface area contributed by atoms with Gasteiger partial charge in [0.25, 0.3) is 0 Å². The van der Waals surface area contributed by atoms with E-state index in [2.05, 4.69) is 68.8 Å². The van der Waals surface area contributed by atoms with Crippen molar-refractivity contribution in [2.75, 3.05) is 18.5 Å². The van der Waals surface area contributed by atoms with Gasteiger partial charge in [-0.05, 0) is 24.0 Å². The zero-order valence-electron chi connectivity index (χ0n) is 18.3. The molecule has 2 aromatic carbocycles. The number of hydrogen-bond donors (Lipinski definition) is 3. The minimum absolute atomic E-state index is 0.0132. The van der Waals surface area contributed by atoms with Crippen LogP contribution < -0.4 is 11.1 Å². The van der Waals surface area contributed by atoms with Gasteiger partial charge in [0.1, 0.15) is 12.1 Å². The predicted molar refractivity (Wildman–Crippen MR) is 127 cm³/mol. The molecule has 8 nitrogen and oxygen atoms in total. The lowest BCUT2D eigenvalue weighted by Gasteiger charge is -2.19. The highest BCUT2D eigenvalue weighted by Gasteiger charge is 2.28. The van der Waals surface area contributed by atoms with Crippen molar-refractivity contribution in [2.45, 2.75) is 37.6 Å². The molecule has 1 aliphatic heterocycles. The minimum atomic E-state index is -0.207. The zero-order valence-corrected chi connectivity index (χ0v) is 18.3. The van der Waals surface area contributed by atoms with Crippen LogP contribution in [0.15, 0.2) is 67.0 Å². The molecule has 33 heavy (non-hydrogen) atoms. The third kappa shape index (κ3) is 4.45. The van der Waals surface area contributed by atoms with Crippen molar-refractivity contribution in [3.63, 3.8) is 0 Å². The number of hydrogen-bond acceptors (Lipinski definition) is 7. The third-order valence-electron chi connectivity index (χ3n) is 6.13. The molecular formula is C25H28N6O2. The molecule has 0 bridgehead atoms. The second-order valence-corrected chi connectivity index (χ2v) is 8.24. The summed E-state index contributed by atoms with van der Waals surface area (Å²) in [7, 11) is 0. The quantitative estimate of drug-likeness (QED) is 0.383. The van der Waals surface area contributed by atoms with Gasteiger partial charge in [-0.3, -0.25) is 4.57 Å². The van der Waals surface area contributed by atoms with E-state index in [0.29, 0.717) is 29.4 Å². The Hall–Kier alpha value is -3.33. The Morgan fingerprint density at radius 1 is 1.03 bits per heavy atom. The second-order valence-electron chi connectivity index (χ2n) is 8.24. The highest BCUT2D eigenvalue weighted by Crippen LogP contribution is 2.32. The number of aliphatic hydroxyl groups is 1. The minimum Gasteiger partial charge on any atom is -0.394 e. The monoisotopic (exact) mass is 444 g/mol. The predicted octanol–water partition coefficient (Wildman–Crippen LogP) is 3.20. The van der Waals surface area contributed by atoms with Gasteiger partial charge in [0.05, 0.1) is 25.6 Å². The molecule has 2 atom stereocenters. The number of aliphatic hydroxyl groups excluding tert-OH is 1. The average molecular weight is 445 g/mol. The molecule has 2 aromatic heterocycles. The normalized spacial score (nSPS) is 18.3. The number of ether oxygens (including phenoxy) is 1. The maximum absolute atomic E-state index is 9.43. The van der Waals surface area contributed by atoms with Crippen molar-refractivity contribution < 1.29 is 9.84 Å². The van der Waals surface area contributed by atoms with Gasteiger partial charge in [0.15, 0.2) is 17.0 Å². The zero-order chi connectivity index (χ0) is 22.6. The Morgan fingerprint density at radius 3 is 2.33 bits per heavy atom. The molecule has 1 aliphatic rings. The molecule has 5 rings (SSSR count). The van der Waals surface area contributed by atoms with Gasteiger partial charge in [-0.2, -0.15) is 0 Å². The first-order valence-electron chi connectivity index (χ1n) is 11.3. The number of imidazole rings is 1. The number of nitrogens with two attached hydrogens (primary N) is 1. The number of nitrogens with zero attached hydrogens (tertiary/aromatic N) is 4. The van der Waals surface area contributed by atoms with Crippen LogP contribution in [0.1, 0.15) is 41.9 Å². The summed E-state index contributed by atoms with van der Waals surface area (Å²) < 4.78 is 7.87. The van der Waals surface area contributed by atoms with Crippen molar-refractivity contribution in [1.29, 1.82) is 0 Å². The molecule has 1 saturated heterocycles. The van der Waals surface area contributed by atoms with Gasteiger partial charge in [0.2, 0.25) is 0 Å². The molecule has 0 aliphatic carbocycles. The van der Waals surface area contributed by atoms with Crippen LogP contribution in [0.3, 0.4) is 0 Å². The summed E-state index contributed by atoms with van der Waals surface area (Å²) in [5.41, 5.74) is 9.73. The summed E-state index contributed by atoms with van der Waals surface area (Å²) in [6, 6.07) is 20.9. The topological polar surface area (TPSA) is 111 Å². The van der Waals surface area contributed by atoms with Crippen LogP contribution >= 0.6 is 0 Å². The number of aromatic nitrogens is 4. The standard InChI is InChI=1S/C25H28N6O2/c26-13-21-29-24(23-25(30-21)31(16-28-23)22-12-11-19(15-32)33-22)27-14-20(17-7-3-1-4-8-17)18-9-5-2-6-10-18/h1-10,16,19-20,22,32H,11-15,26H2,(H,27,29,30). The van der Waals surface area contributed by atoms with Crippen molar-refractivity contribution >= 4 is 17.0 Å². The number of anilines is 1. The van der Waals surface area contributed by atoms with Crippen LogP contribution in [0, 0.1) is 0 Å². The van der Waals surface area contributed by atoms with E-state index < -0.39 is 0 Å². The summed E-state index contributed by atoms with van der Waals surface area (Å²) in [6.07, 6.45) is 2.98. The molecule has 4 N–H and O–H groups in total. The van der Waals surface area contributed by atoms with Gasteiger partial charge < -0.3 is 20.9 Å². The third-order valence-corrected chi connectivity index (χ3v) is 6.13. The smallest absolute Gasteiger partial charge is 0.167 e. The van der Waals surface area contributed by atoms with Crippen LogP contribution in [0.5, 0.6) is 0 Å². The molecule has 0 spiro atoms. The largest absolute Gasteiger partial charge is 0.394 e. The fourth-order valence-electron chi connectivity index (χ4n) is 4.41. The summed E-state index contributed by atoms with van der Waals surface area (Å²) in [4.78, 5) is 13.9. The summed E-state index contributed by atoms with van der Waals surface area (Å²) >= 11 is 0. The van der Waals surface area contributed by atoms with E-state index in [4.69, 9.17) is 10.5 Å². The summed E-state index contributed by atoms with van der Waals surface area (Å²) in [6.45, 7) is 0.879. The van der Waals surface area contributed by atoms with E-state index in [-0.39, 0.29) is 31.4 Å². The number of nitrogens with one attached hydrogen (secondary N) is 1. The maximum atomic E-state index is 9.43. The molecule has 2 unspecified atom stereocenters. The number of fused-ring (bicyclic) bond motifs is 1. The van der Waals surface area contributed by atoms with Crippen molar-refractivity contribution in [3.05, 3.63) is 83.9 Å². The molecule has 0 saturated carbocycles. The van der Waals surface area contributed by atoms with Crippen LogP contribution in [0.4, 0.5) is 5.82 Å². The summed E-state index contributed by atoms with van der Waals surface area (Å²) in [5.74, 6) is 1.34. The van der Waals surface area contributed by atoms with E-state index in [1.807, 2.05) is 16.7 Å². The van der Waals surface area contributed by atoms with Crippen LogP contribution in [-0.4, -0.2) is 43.9 Å². The molecule has 1 fully saturated rings. The van der Waals surface area contributed by atoms with Crippen LogP contribution in [0.2, 0.25) is 0 Å². The molecule has 8 heteroatoms. The SMILES string of the molecule is NCc1nc(NCC(c2ccccc2)c2ccccc2)c2ncn(C3CCC(CO)O3)c2n1. The van der Waals surface area contributed by atoms with Crippen molar-refractivity contribution in [3.8, 4) is 0 Å². The van der Waals surface area contributed by atoms with Crippen LogP contribution in [0.25, 0.3) is 11.2 Å². The van der Waals surface area contributed by atoms with Crippen LogP contribution in [-0.2, 0) is 11.3 Å². The van der Waals surface area contributed by atoms with Gasteiger partial charge in [-0.25, -0.2) is 15.0 Å². The van der Waals surface area contributed by atoms with Gasteiger partial charge in [-0.1, -0.05) is 60.7 Å². The molecular weight excluding hydrogens is 416 g/mol. The van der Waals surface area contributed by atoms with E-state index in [0.717, 1.165) is 12.8 Å².